The normalized spacial score (nSPS) is 11.9. The van der Waals surface area contributed by atoms with E-state index < -0.39 is 0 Å². The van der Waals surface area contributed by atoms with Crippen LogP contribution in [0.15, 0.2) is 199 Å². The van der Waals surface area contributed by atoms with Crippen molar-refractivity contribution in [2.75, 3.05) is 4.90 Å². The van der Waals surface area contributed by atoms with Gasteiger partial charge in [0, 0.05) is 64.0 Å². The monoisotopic (exact) mass is 732 g/mol. The van der Waals surface area contributed by atoms with Crippen molar-refractivity contribution in [3.05, 3.63) is 194 Å². The second-order valence-corrected chi connectivity index (χ2v) is 15.5. The molecule has 12 aromatic rings. The van der Waals surface area contributed by atoms with Crippen molar-refractivity contribution in [2.45, 2.75) is 0 Å². The summed E-state index contributed by atoms with van der Waals surface area (Å²) in [5.41, 5.74) is 10.9. The largest absolute Gasteiger partial charge is 0.455 e. The molecule has 0 atom stereocenters. The van der Waals surface area contributed by atoms with Crippen LogP contribution in [-0.2, 0) is 0 Å². The Kier molecular flexibility index (Phi) is 6.80. The molecule has 0 saturated heterocycles. The van der Waals surface area contributed by atoms with Gasteiger partial charge in [-0.1, -0.05) is 121 Å². The fourth-order valence-electron chi connectivity index (χ4n) is 8.98. The van der Waals surface area contributed by atoms with Gasteiger partial charge in [-0.25, -0.2) is 0 Å². The molecular weight excluding hydrogens is 701 g/mol. The number of para-hydroxylation sites is 3. The molecule has 0 aliphatic heterocycles. The summed E-state index contributed by atoms with van der Waals surface area (Å²) in [6.07, 6.45) is 0. The summed E-state index contributed by atoms with van der Waals surface area (Å²) in [7, 11) is 0. The molecule has 12 rings (SSSR count). The SMILES string of the molecule is c1ccc(N(c2ccc(-n3c4ccccc4c4ccccc43)cc2)c2cccc3sc4ccccc4c23)c(-c2cccc3oc4c5ccccc5ccc4c23)c1. The van der Waals surface area contributed by atoms with Gasteiger partial charge in [0.1, 0.15) is 11.2 Å². The third-order valence-electron chi connectivity index (χ3n) is 11.4. The van der Waals surface area contributed by atoms with Crippen molar-refractivity contribution in [1.82, 2.24) is 4.57 Å². The first kappa shape index (κ1) is 31.2. The van der Waals surface area contributed by atoms with E-state index in [1.165, 1.54) is 47.4 Å². The molecule has 0 aliphatic rings. The minimum atomic E-state index is 0.886. The zero-order valence-corrected chi connectivity index (χ0v) is 31.0. The summed E-state index contributed by atoms with van der Waals surface area (Å²) < 4.78 is 11.6. The van der Waals surface area contributed by atoms with E-state index in [0.717, 1.165) is 61.2 Å². The molecule has 0 amide bonds. The number of rotatable bonds is 5. The highest BCUT2D eigenvalue weighted by Crippen LogP contribution is 2.49. The second-order valence-electron chi connectivity index (χ2n) is 14.4. The maximum Gasteiger partial charge on any atom is 0.143 e. The minimum absolute atomic E-state index is 0.886. The van der Waals surface area contributed by atoms with Crippen LogP contribution in [0.2, 0.25) is 0 Å². The Labute approximate surface area is 326 Å². The number of aromatic nitrogens is 1. The zero-order valence-electron chi connectivity index (χ0n) is 30.2. The summed E-state index contributed by atoms with van der Waals surface area (Å²) in [6, 6.07) is 70.2. The lowest BCUT2D eigenvalue weighted by Gasteiger charge is -2.29. The lowest BCUT2D eigenvalue weighted by molar-refractivity contribution is 0.673. The molecule has 56 heavy (non-hydrogen) atoms. The maximum absolute atomic E-state index is 6.69. The highest BCUT2D eigenvalue weighted by molar-refractivity contribution is 7.26. The van der Waals surface area contributed by atoms with E-state index in [0.29, 0.717) is 0 Å². The highest BCUT2D eigenvalue weighted by Gasteiger charge is 2.24. The van der Waals surface area contributed by atoms with E-state index in [-0.39, 0.29) is 0 Å². The van der Waals surface area contributed by atoms with Gasteiger partial charge in [0.25, 0.3) is 0 Å². The molecule has 4 heteroatoms. The van der Waals surface area contributed by atoms with Gasteiger partial charge in [0.05, 0.1) is 22.4 Å². The zero-order chi connectivity index (χ0) is 36.7. The maximum atomic E-state index is 6.69. The molecule has 0 aliphatic carbocycles. The van der Waals surface area contributed by atoms with E-state index >= 15 is 0 Å². The summed E-state index contributed by atoms with van der Waals surface area (Å²) in [5.74, 6) is 0. The third kappa shape index (κ3) is 4.57. The van der Waals surface area contributed by atoms with Crippen LogP contribution < -0.4 is 4.90 Å². The molecule has 3 aromatic heterocycles. The molecule has 262 valence electrons. The van der Waals surface area contributed by atoms with Crippen molar-refractivity contribution in [2.24, 2.45) is 0 Å². The lowest BCUT2D eigenvalue weighted by atomic mass is 9.96. The van der Waals surface area contributed by atoms with Gasteiger partial charge in [-0.15, -0.1) is 11.3 Å². The second kappa shape index (κ2) is 12.2. The molecule has 3 heterocycles. The van der Waals surface area contributed by atoms with Crippen molar-refractivity contribution in [3.8, 4) is 16.8 Å². The van der Waals surface area contributed by atoms with Crippen LogP contribution in [0.5, 0.6) is 0 Å². The van der Waals surface area contributed by atoms with Crippen LogP contribution in [-0.4, -0.2) is 4.57 Å². The van der Waals surface area contributed by atoms with Crippen molar-refractivity contribution < 1.29 is 4.42 Å². The van der Waals surface area contributed by atoms with Crippen LogP contribution in [0, 0.1) is 0 Å². The van der Waals surface area contributed by atoms with Crippen molar-refractivity contribution in [1.29, 1.82) is 0 Å². The van der Waals surface area contributed by atoms with Gasteiger partial charge in [-0.2, -0.15) is 0 Å². The number of fused-ring (bicyclic) bond motifs is 11. The average molecular weight is 733 g/mol. The van der Waals surface area contributed by atoms with E-state index in [1.54, 1.807) is 0 Å². The Bertz CT molecular complexity index is 3440. The molecule has 0 unspecified atom stereocenters. The average Bonchev–Trinajstić information content (AvgIpc) is 3.95. The van der Waals surface area contributed by atoms with Gasteiger partial charge in [-0.05, 0) is 83.7 Å². The Morgan fingerprint density at radius 3 is 1.86 bits per heavy atom. The van der Waals surface area contributed by atoms with Gasteiger partial charge < -0.3 is 13.9 Å². The predicted octanol–water partition coefficient (Wildman–Crippen LogP) is 15.3. The van der Waals surface area contributed by atoms with Gasteiger partial charge in [0.15, 0.2) is 0 Å². The van der Waals surface area contributed by atoms with Crippen molar-refractivity contribution in [3.63, 3.8) is 0 Å². The van der Waals surface area contributed by atoms with Crippen LogP contribution in [0.4, 0.5) is 17.1 Å². The summed E-state index contributed by atoms with van der Waals surface area (Å²) in [6.45, 7) is 0. The Hall–Kier alpha value is -7.14. The number of benzene rings is 9. The number of nitrogens with zero attached hydrogens (tertiary/aromatic N) is 2. The Morgan fingerprint density at radius 2 is 1.04 bits per heavy atom. The van der Waals surface area contributed by atoms with Crippen LogP contribution in [0.1, 0.15) is 0 Å². The Morgan fingerprint density at radius 1 is 0.411 bits per heavy atom. The molecule has 9 aromatic carbocycles. The fraction of sp³-hybridized carbons (Fsp3) is 0. The topological polar surface area (TPSA) is 21.3 Å². The molecule has 3 nitrogen and oxygen atoms in total. The van der Waals surface area contributed by atoms with Crippen LogP contribution in [0.25, 0.3) is 91.5 Å². The predicted molar refractivity (Wildman–Crippen MR) is 239 cm³/mol. The number of thiophene rings is 1. The number of furan rings is 1. The molecular formula is C52H32N2OS. The first-order valence-electron chi connectivity index (χ1n) is 19.0. The molecule has 0 fully saturated rings. The van der Waals surface area contributed by atoms with E-state index in [2.05, 4.69) is 204 Å². The number of hydrogen-bond donors (Lipinski definition) is 0. The molecule has 0 spiro atoms. The number of anilines is 3. The molecule has 0 bridgehead atoms. The smallest absolute Gasteiger partial charge is 0.143 e. The quantitative estimate of drug-likeness (QED) is 0.176. The number of hydrogen-bond acceptors (Lipinski definition) is 3. The first-order valence-corrected chi connectivity index (χ1v) is 19.8. The standard InChI is InChI=1S/C52H32N2OS/c1-2-14-36-33(13-1)27-32-42-50-40(19-11-24-47(50)55-52(36)42)39-17-5-9-22-45(39)54(46-23-12-26-49-51(46)41-18-6-10-25-48(41)56-49)35-30-28-34(29-31-35)53-43-20-7-3-15-37(43)38-16-4-8-21-44(38)53/h1-32H. The third-order valence-corrected chi connectivity index (χ3v) is 12.5. The summed E-state index contributed by atoms with van der Waals surface area (Å²) >= 11 is 1.85. The van der Waals surface area contributed by atoms with E-state index in [1.807, 2.05) is 11.3 Å². The van der Waals surface area contributed by atoms with Crippen molar-refractivity contribution >= 4 is 103 Å². The lowest BCUT2D eigenvalue weighted by Crippen LogP contribution is -2.12. The highest BCUT2D eigenvalue weighted by atomic mass is 32.1. The molecule has 0 saturated carbocycles. The summed E-state index contributed by atoms with van der Waals surface area (Å²) in [5, 5.41) is 9.59. The van der Waals surface area contributed by atoms with Crippen LogP contribution in [0.3, 0.4) is 0 Å². The van der Waals surface area contributed by atoms with E-state index in [9.17, 15) is 0 Å². The van der Waals surface area contributed by atoms with E-state index in [4.69, 9.17) is 4.42 Å². The van der Waals surface area contributed by atoms with Gasteiger partial charge in [0.2, 0.25) is 0 Å². The molecule has 0 N–H and O–H groups in total. The fourth-order valence-corrected chi connectivity index (χ4v) is 10.1. The molecule has 0 radical (unpaired) electrons. The first-order chi connectivity index (χ1) is 27.8. The van der Waals surface area contributed by atoms with Gasteiger partial charge in [-0.3, -0.25) is 0 Å². The Balaban J connectivity index is 1.11. The van der Waals surface area contributed by atoms with Gasteiger partial charge >= 0.3 is 0 Å². The minimum Gasteiger partial charge on any atom is -0.455 e. The summed E-state index contributed by atoms with van der Waals surface area (Å²) in [4.78, 5) is 2.46. The van der Waals surface area contributed by atoms with Crippen LogP contribution >= 0.6 is 11.3 Å².